The standard InChI is InChI=1S/C15H16N4OS4/c1-3-21-14-18-19-15(24-14)23-9-11-8-22-13(17-11)16-10-4-6-12(20-2)7-5-10/h4-8H,3,9H2,1-2H3,(H,16,17). The normalized spacial score (nSPS) is 10.8. The number of nitrogens with zero attached hydrogens (tertiary/aromatic N) is 3. The quantitative estimate of drug-likeness (QED) is 0.528. The first-order chi connectivity index (χ1) is 11.8. The van der Waals surface area contributed by atoms with E-state index in [2.05, 4.69) is 32.8 Å². The summed E-state index contributed by atoms with van der Waals surface area (Å²) in [5.74, 6) is 2.66. The minimum absolute atomic E-state index is 0.798. The van der Waals surface area contributed by atoms with Crippen LogP contribution in [0, 0.1) is 0 Å². The van der Waals surface area contributed by atoms with E-state index in [1.165, 1.54) is 0 Å². The van der Waals surface area contributed by atoms with Gasteiger partial charge in [0.25, 0.3) is 0 Å². The molecule has 9 heteroatoms. The Hall–Kier alpha value is -1.29. The lowest BCUT2D eigenvalue weighted by atomic mass is 10.3. The van der Waals surface area contributed by atoms with E-state index in [1.807, 2.05) is 24.3 Å². The van der Waals surface area contributed by atoms with Crippen molar-refractivity contribution in [1.82, 2.24) is 15.2 Å². The summed E-state index contributed by atoms with van der Waals surface area (Å²) in [7, 11) is 1.66. The number of benzene rings is 1. The van der Waals surface area contributed by atoms with Crippen LogP contribution in [0.4, 0.5) is 10.8 Å². The molecule has 126 valence electrons. The molecule has 0 fully saturated rings. The zero-order valence-corrected chi connectivity index (χ0v) is 16.4. The first-order valence-electron chi connectivity index (χ1n) is 7.21. The van der Waals surface area contributed by atoms with Crippen LogP contribution in [0.3, 0.4) is 0 Å². The highest BCUT2D eigenvalue weighted by atomic mass is 32.2. The third-order valence-corrected chi connectivity index (χ3v) is 6.80. The van der Waals surface area contributed by atoms with Crippen LogP contribution in [0.15, 0.2) is 38.3 Å². The summed E-state index contributed by atoms with van der Waals surface area (Å²) in [6, 6.07) is 7.80. The van der Waals surface area contributed by atoms with E-state index >= 15 is 0 Å². The molecule has 0 aliphatic heterocycles. The number of rotatable bonds is 8. The average molecular weight is 397 g/mol. The highest BCUT2D eigenvalue weighted by Crippen LogP contribution is 2.31. The van der Waals surface area contributed by atoms with Crippen LogP contribution in [-0.4, -0.2) is 28.0 Å². The number of nitrogens with one attached hydrogen (secondary N) is 1. The molecule has 0 saturated carbocycles. The predicted octanol–water partition coefficient (Wildman–Crippen LogP) is 5.15. The van der Waals surface area contributed by atoms with Gasteiger partial charge >= 0.3 is 0 Å². The van der Waals surface area contributed by atoms with Gasteiger partial charge in [0.15, 0.2) is 13.8 Å². The Morgan fingerprint density at radius 1 is 1.12 bits per heavy atom. The number of ether oxygens (including phenoxy) is 1. The zero-order valence-electron chi connectivity index (χ0n) is 13.2. The Balaban J connectivity index is 1.54. The van der Waals surface area contributed by atoms with Gasteiger partial charge in [0.05, 0.1) is 12.8 Å². The third-order valence-electron chi connectivity index (χ3n) is 2.89. The summed E-state index contributed by atoms with van der Waals surface area (Å²) >= 11 is 6.64. The molecule has 0 bridgehead atoms. The van der Waals surface area contributed by atoms with Gasteiger partial charge in [-0.3, -0.25) is 0 Å². The monoisotopic (exact) mass is 396 g/mol. The van der Waals surface area contributed by atoms with Crippen LogP contribution in [0.1, 0.15) is 12.6 Å². The molecule has 2 aromatic heterocycles. The van der Waals surface area contributed by atoms with Gasteiger partial charge < -0.3 is 10.1 Å². The fraction of sp³-hybridized carbons (Fsp3) is 0.267. The van der Waals surface area contributed by atoms with Crippen molar-refractivity contribution >= 4 is 57.0 Å². The van der Waals surface area contributed by atoms with Gasteiger partial charge in [-0.05, 0) is 30.0 Å². The van der Waals surface area contributed by atoms with E-state index in [9.17, 15) is 0 Å². The van der Waals surface area contributed by atoms with Crippen molar-refractivity contribution in [3.63, 3.8) is 0 Å². The number of hydrogen-bond acceptors (Lipinski definition) is 9. The summed E-state index contributed by atoms with van der Waals surface area (Å²) in [6.07, 6.45) is 0. The molecule has 0 amide bonds. The smallest absolute Gasteiger partial charge is 0.187 e. The van der Waals surface area contributed by atoms with Gasteiger partial charge in [0.1, 0.15) is 5.75 Å². The van der Waals surface area contributed by atoms with Gasteiger partial charge in [-0.15, -0.1) is 21.5 Å². The molecular weight excluding hydrogens is 380 g/mol. The number of hydrogen-bond donors (Lipinski definition) is 1. The van der Waals surface area contributed by atoms with Crippen LogP contribution >= 0.6 is 46.2 Å². The van der Waals surface area contributed by atoms with Crippen molar-refractivity contribution in [2.45, 2.75) is 21.4 Å². The molecule has 24 heavy (non-hydrogen) atoms. The molecule has 3 aromatic rings. The van der Waals surface area contributed by atoms with Crippen molar-refractivity contribution in [2.75, 3.05) is 18.2 Å². The SMILES string of the molecule is CCSc1nnc(SCc2csc(Nc3ccc(OC)cc3)n2)s1. The third kappa shape index (κ3) is 4.85. The van der Waals surface area contributed by atoms with E-state index in [0.717, 1.165) is 42.4 Å². The topological polar surface area (TPSA) is 59.9 Å². The summed E-state index contributed by atoms with van der Waals surface area (Å²) in [6.45, 7) is 2.12. The average Bonchev–Trinajstić information content (AvgIpc) is 3.23. The molecule has 0 unspecified atom stereocenters. The summed E-state index contributed by atoms with van der Waals surface area (Å²) in [4.78, 5) is 4.61. The molecule has 3 rings (SSSR count). The fourth-order valence-electron chi connectivity index (χ4n) is 1.80. The maximum absolute atomic E-state index is 5.16. The van der Waals surface area contributed by atoms with Crippen LogP contribution < -0.4 is 10.1 Å². The van der Waals surface area contributed by atoms with Crippen molar-refractivity contribution in [3.8, 4) is 5.75 Å². The second-order valence-corrected chi connectivity index (χ2v) is 9.12. The minimum Gasteiger partial charge on any atom is -0.497 e. The van der Waals surface area contributed by atoms with Gasteiger partial charge in [-0.2, -0.15) is 0 Å². The van der Waals surface area contributed by atoms with Gasteiger partial charge in [-0.25, -0.2) is 4.98 Å². The van der Waals surface area contributed by atoms with E-state index in [4.69, 9.17) is 4.74 Å². The van der Waals surface area contributed by atoms with Crippen LogP contribution in [0.2, 0.25) is 0 Å². The second kappa shape index (κ2) is 8.70. The highest BCUT2D eigenvalue weighted by Gasteiger charge is 2.08. The van der Waals surface area contributed by atoms with Gasteiger partial charge in [-0.1, -0.05) is 41.8 Å². The lowest BCUT2D eigenvalue weighted by Crippen LogP contribution is -1.90. The molecular formula is C15H16N4OS4. The second-order valence-electron chi connectivity index (χ2n) is 4.55. The molecule has 0 spiro atoms. The number of anilines is 2. The molecule has 2 heterocycles. The Kier molecular flexibility index (Phi) is 6.36. The Labute approximate surface area is 157 Å². The predicted molar refractivity (Wildman–Crippen MR) is 104 cm³/mol. The largest absolute Gasteiger partial charge is 0.497 e. The van der Waals surface area contributed by atoms with E-state index < -0.39 is 0 Å². The molecule has 0 atom stereocenters. The first kappa shape index (κ1) is 17.5. The van der Waals surface area contributed by atoms with E-state index in [0.29, 0.717) is 0 Å². The Morgan fingerprint density at radius 3 is 2.58 bits per heavy atom. The molecule has 0 saturated heterocycles. The molecule has 0 aliphatic carbocycles. The molecule has 5 nitrogen and oxygen atoms in total. The van der Waals surface area contributed by atoms with Crippen LogP contribution in [0.5, 0.6) is 5.75 Å². The minimum atomic E-state index is 0.798. The summed E-state index contributed by atoms with van der Waals surface area (Å²) < 4.78 is 7.18. The van der Waals surface area contributed by atoms with Crippen molar-refractivity contribution < 1.29 is 4.74 Å². The number of methoxy groups -OCH3 is 1. The number of aromatic nitrogens is 3. The lowest BCUT2D eigenvalue weighted by Gasteiger charge is -2.03. The van der Waals surface area contributed by atoms with E-state index in [1.54, 1.807) is 53.3 Å². The summed E-state index contributed by atoms with van der Waals surface area (Å²) in [5.41, 5.74) is 2.04. The highest BCUT2D eigenvalue weighted by molar-refractivity contribution is 8.02. The van der Waals surface area contributed by atoms with Crippen molar-refractivity contribution in [3.05, 3.63) is 35.3 Å². The summed E-state index contributed by atoms with van der Waals surface area (Å²) in [5, 5.41) is 14.6. The molecule has 1 N–H and O–H groups in total. The number of thiazole rings is 1. The zero-order chi connectivity index (χ0) is 16.8. The molecule has 0 radical (unpaired) electrons. The van der Waals surface area contributed by atoms with Gasteiger partial charge in [0.2, 0.25) is 0 Å². The van der Waals surface area contributed by atoms with Gasteiger partial charge in [0, 0.05) is 16.8 Å². The van der Waals surface area contributed by atoms with Crippen molar-refractivity contribution in [1.29, 1.82) is 0 Å². The molecule has 0 aliphatic rings. The van der Waals surface area contributed by atoms with Crippen molar-refractivity contribution in [2.24, 2.45) is 0 Å². The Morgan fingerprint density at radius 2 is 1.88 bits per heavy atom. The van der Waals surface area contributed by atoms with E-state index in [-0.39, 0.29) is 0 Å². The lowest BCUT2D eigenvalue weighted by molar-refractivity contribution is 0.415. The Bertz CT molecular complexity index is 772. The fourth-order valence-corrected chi connectivity index (χ4v) is 5.45. The first-order valence-corrected chi connectivity index (χ1v) is 10.9. The maximum atomic E-state index is 5.16. The van der Waals surface area contributed by atoms with Crippen LogP contribution in [0.25, 0.3) is 0 Å². The van der Waals surface area contributed by atoms with Crippen LogP contribution in [-0.2, 0) is 5.75 Å². The molecule has 1 aromatic carbocycles. The number of thioether (sulfide) groups is 2. The maximum Gasteiger partial charge on any atom is 0.187 e.